The summed E-state index contributed by atoms with van der Waals surface area (Å²) in [5, 5.41) is 13.4. The number of imidazole rings is 1. The molecule has 2 aromatic heterocycles. The number of carbonyl (C=O) groups is 1. The van der Waals surface area contributed by atoms with Crippen LogP contribution in [0.2, 0.25) is 0 Å². The van der Waals surface area contributed by atoms with Gasteiger partial charge in [0.25, 0.3) is 0 Å². The maximum atomic E-state index is 12.2. The lowest BCUT2D eigenvalue weighted by atomic mass is 10.1. The Bertz CT molecular complexity index is 846. The Hall–Kier alpha value is -2.34. The van der Waals surface area contributed by atoms with E-state index in [-0.39, 0.29) is 17.3 Å². The van der Waals surface area contributed by atoms with Gasteiger partial charge in [-0.1, -0.05) is 6.07 Å². The molecule has 1 atom stereocenters. The van der Waals surface area contributed by atoms with Crippen LogP contribution in [0, 0.1) is 0 Å². The van der Waals surface area contributed by atoms with Crippen molar-refractivity contribution in [1.82, 2.24) is 9.55 Å². The SMILES string of the molecule is CC(Cc1ccsc1)n1c(=O)[nH]c2cccc(C(=O)O)c21. The van der Waals surface area contributed by atoms with E-state index in [4.69, 9.17) is 0 Å². The molecule has 108 valence electrons. The number of thiophene rings is 1. The highest BCUT2D eigenvalue weighted by atomic mass is 32.1. The summed E-state index contributed by atoms with van der Waals surface area (Å²) < 4.78 is 1.54. The zero-order chi connectivity index (χ0) is 15.0. The predicted molar refractivity (Wildman–Crippen MR) is 82.3 cm³/mol. The van der Waals surface area contributed by atoms with Crippen molar-refractivity contribution in [2.75, 3.05) is 0 Å². The summed E-state index contributed by atoms with van der Waals surface area (Å²) in [4.78, 5) is 26.3. The van der Waals surface area contributed by atoms with Gasteiger partial charge >= 0.3 is 11.7 Å². The zero-order valence-corrected chi connectivity index (χ0v) is 12.2. The van der Waals surface area contributed by atoms with Crippen molar-refractivity contribution in [2.24, 2.45) is 0 Å². The number of aromatic nitrogens is 2. The molecule has 1 unspecified atom stereocenters. The van der Waals surface area contributed by atoms with Crippen LogP contribution in [0.5, 0.6) is 0 Å². The molecule has 5 nitrogen and oxygen atoms in total. The van der Waals surface area contributed by atoms with E-state index in [2.05, 4.69) is 4.98 Å². The molecular weight excluding hydrogens is 288 g/mol. The van der Waals surface area contributed by atoms with E-state index >= 15 is 0 Å². The molecule has 21 heavy (non-hydrogen) atoms. The normalized spacial score (nSPS) is 12.6. The predicted octanol–water partition coefficient (Wildman–Crippen LogP) is 2.89. The third-order valence-corrected chi connectivity index (χ3v) is 4.25. The van der Waals surface area contributed by atoms with Crippen molar-refractivity contribution in [1.29, 1.82) is 0 Å². The van der Waals surface area contributed by atoms with Crippen molar-refractivity contribution in [3.8, 4) is 0 Å². The van der Waals surface area contributed by atoms with E-state index in [0.29, 0.717) is 17.5 Å². The summed E-state index contributed by atoms with van der Waals surface area (Å²) in [6, 6.07) is 6.76. The van der Waals surface area contributed by atoms with Gasteiger partial charge < -0.3 is 10.1 Å². The largest absolute Gasteiger partial charge is 0.478 e. The number of carboxylic acids is 1. The lowest BCUT2D eigenvalue weighted by molar-refractivity contribution is 0.0698. The molecule has 0 aliphatic heterocycles. The Balaban J connectivity index is 2.15. The monoisotopic (exact) mass is 302 g/mol. The standard InChI is InChI=1S/C15H14N2O3S/c1-9(7-10-5-6-21-8-10)17-13-11(14(18)19)3-2-4-12(13)16-15(17)20/h2-6,8-9H,7H2,1H3,(H,16,20)(H,18,19). The first-order valence-corrected chi connectivity index (χ1v) is 7.50. The molecule has 0 bridgehead atoms. The van der Waals surface area contributed by atoms with Gasteiger partial charge in [0.2, 0.25) is 0 Å². The van der Waals surface area contributed by atoms with Crippen molar-refractivity contribution in [3.05, 3.63) is 56.6 Å². The first-order chi connectivity index (χ1) is 10.1. The van der Waals surface area contributed by atoms with Crippen molar-refractivity contribution in [3.63, 3.8) is 0 Å². The summed E-state index contributed by atoms with van der Waals surface area (Å²) >= 11 is 1.61. The number of hydrogen-bond donors (Lipinski definition) is 2. The van der Waals surface area contributed by atoms with Gasteiger partial charge in [-0.25, -0.2) is 9.59 Å². The molecule has 0 saturated heterocycles. The number of aromatic amines is 1. The number of nitrogens with one attached hydrogen (secondary N) is 1. The first kappa shape index (κ1) is 13.6. The van der Waals surface area contributed by atoms with Gasteiger partial charge in [0.15, 0.2) is 0 Å². The first-order valence-electron chi connectivity index (χ1n) is 6.55. The van der Waals surface area contributed by atoms with Crippen LogP contribution in [0.4, 0.5) is 0 Å². The average Bonchev–Trinajstić information content (AvgIpc) is 3.03. The molecule has 0 spiro atoms. The van der Waals surface area contributed by atoms with Crippen LogP contribution in [0.15, 0.2) is 39.8 Å². The number of para-hydroxylation sites is 1. The van der Waals surface area contributed by atoms with E-state index in [9.17, 15) is 14.7 Å². The molecule has 6 heteroatoms. The summed E-state index contributed by atoms with van der Waals surface area (Å²) in [6.45, 7) is 1.92. The van der Waals surface area contributed by atoms with Crippen molar-refractivity contribution >= 4 is 28.3 Å². The van der Waals surface area contributed by atoms with Crippen LogP contribution in [0.3, 0.4) is 0 Å². The molecule has 2 N–H and O–H groups in total. The van der Waals surface area contributed by atoms with E-state index < -0.39 is 5.97 Å². The smallest absolute Gasteiger partial charge is 0.337 e. The number of benzene rings is 1. The number of hydrogen-bond acceptors (Lipinski definition) is 3. The molecule has 0 saturated carbocycles. The number of nitrogens with zero attached hydrogens (tertiary/aromatic N) is 1. The molecule has 1 aromatic carbocycles. The Morgan fingerprint density at radius 3 is 2.90 bits per heavy atom. The Morgan fingerprint density at radius 2 is 2.24 bits per heavy atom. The summed E-state index contributed by atoms with van der Waals surface area (Å²) in [5.74, 6) is -1.03. The third kappa shape index (κ3) is 2.38. The second-order valence-electron chi connectivity index (χ2n) is 4.99. The average molecular weight is 302 g/mol. The fraction of sp³-hybridized carbons (Fsp3) is 0.200. The van der Waals surface area contributed by atoms with Crippen molar-refractivity contribution in [2.45, 2.75) is 19.4 Å². The number of rotatable bonds is 4. The van der Waals surface area contributed by atoms with Gasteiger partial charge in [0, 0.05) is 6.04 Å². The Labute approximate surface area is 124 Å². The van der Waals surface area contributed by atoms with Gasteiger partial charge in [-0.05, 0) is 47.9 Å². The summed E-state index contributed by atoms with van der Waals surface area (Å²) in [7, 11) is 0. The van der Waals surface area contributed by atoms with Crippen LogP contribution in [-0.2, 0) is 6.42 Å². The van der Waals surface area contributed by atoms with E-state index in [1.165, 1.54) is 10.6 Å². The number of fused-ring (bicyclic) bond motifs is 1. The second-order valence-corrected chi connectivity index (χ2v) is 5.77. The molecule has 0 radical (unpaired) electrons. The molecule has 0 aliphatic carbocycles. The highest BCUT2D eigenvalue weighted by molar-refractivity contribution is 7.07. The molecular formula is C15H14N2O3S. The van der Waals surface area contributed by atoms with E-state index in [0.717, 1.165) is 5.56 Å². The van der Waals surface area contributed by atoms with Crippen LogP contribution in [0.1, 0.15) is 28.9 Å². The van der Waals surface area contributed by atoms with Gasteiger partial charge in [-0.15, -0.1) is 0 Å². The fourth-order valence-corrected chi connectivity index (χ4v) is 3.30. The number of H-pyrrole nitrogens is 1. The highest BCUT2D eigenvalue weighted by Crippen LogP contribution is 2.22. The van der Waals surface area contributed by atoms with E-state index in [1.54, 1.807) is 23.5 Å². The van der Waals surface area contributed by atoms with Gasteiger partial charge in [-0.2, -0.15) is 11.3 Å². The lowest BCUT2D eigenvalue weighted by Crippen LogP contribution is -2.22. The topological polar surface area (TPSA) is 75.1 Å². The Kier molecular flexibility index (Phi) is 3.39. The summed E-state index contributed by atoms with van der Waals surface area (Å²) in [6.07, 6.45) is 0.685. The maximum absolute atomic E-state index is 12.2. The number of aromatic carboxylic acids is 1. The van der Waals surface area contributed by atoms with Gasteiger partial charge in [0.1, 0.15) is 0 Å². The molecule has 3 rings (SSSR count). The van der Waals surface area contributed by atoms with E-state index in [1.807, 2.05) is 23.8 Å². The highest BCUT2D eigenvalue weighted by Gasteiger charge is 2.19. The van der Waals surface area contributed by atoms with Crippen LogP contribution in [-0.4, -0.2) is 20.6 Å². The fourth-order valence-electron chi connectivity index (χ4n) is 2.62. The minimum absolute atomic E-state index is 0.124. The molecule has 2 heterocycles. The van der Waals surface area contributed by atoms with Crippen LogP contribution >= 0.6 is 11.3 Å². The Morgan fingerprint density at radius 1 is 1.43 bits per heavy atom. The van der Waals surface area contributed by atoms with Gasteiger partial charge in [0.05, 0.1) is 16.6 Å². The van der Waals surface area contributed by atoms with Crippen LogP contribution < -0.4 is 5.69 Å². The molecule has 3 aromatic rings. The van der Waals surface area contributed by atoms with Crippen molar-refractivity contribution < 1.29 is 9.90 Å². The minimum atomic E-state index is -1.03. The minimum Gasteiger partial charge on any atom is -0.478 e. The maximum Gasteiger partial charge on any atom is 0.337 e. The molecule has 0 fully saturated rings. The second kappa shape index (κ2) is 5.21. The molecule has 0 aliphatic rings. The zero-order valence-electron chi connectivity index (χ0n) is 11.4. The van der Waals surface area contributed by atoms with Gasteiger partial charge in [-0.3, -0.25) is 4.57 Å². The lowest BCUT2D eigenvalue weighted by Gasteiger charge is -2.13. The third-order valence-electron chi connectivity index (χ3n) is 3.52. The quantitative estimate of drug-likeness (QED) is 0.778. The summed E-state index contributed by atoms with van der Waals surface area (Å²) in [5.41, 5.74) is 2.01. The van der Waals surface area contributed by atoms with Crippen LogP contribution in [0.25, 0.3) is 11.0 Å². The molecule has 0 amide bonds. The number of carboxylic acid groups (broad SMARTS) is 1.